The van der Waals surface area contributed by atoms with Gasteiger partial charge in [0.25, 0.3) is 0 Å². The zero-order chi connectivity index (χ0) is 21.5. The maximum atomic E-state index is 11.1. The molecular weight excluding hydrogens is 376 g/mol. The summed E-state index contributed by atoms with van der Waals surface area (Å²) in [6, 6.07) is 19.4. The van der Waals surface area contributed by atoms with E-state index in [4.69, 9.17) is 10.2 Å². The Morgan fingerprint density at radius 1 is 0.733 bits per heavy atom. The van der Waals surface area contributed by atoms with Crippen molar-refractivity contribution in [1.29, 1.82) is 0 Å². The smallest absolute Gasteiger partial charge is 0.335 e. The van der Waals surface area contributed by atoms with E-state index in [9.17, 15) is 9.59 Å². The molecule has 3 aromatic rings. The molecule has 3 rings (SSSR count). The molecule has 150 valence electrons. The molecule has 2 N–H and O–H groups in total. The summed E-state index contributed by atoms with van der Waals surface area (Å²) in [5.41, 5.74) is 4.96. The quantitative estimate of drug-likeness (QED) is 0.397. The number of carboxylic acids is 2. The van der Waals surface area contributed by atoms with Crippen molar-refractivity contribution in [1.82, 2.24) is 0 Å². The lowest BCUT2D eigenvalue weighted by Gasteiger charge is -2.09. The normalized spacial score (nSPS) is 10.2. The summed E-state index contributed by atoms with van der Waals surface area (Å²) in [5, 5.41) is 18.3. The molecule has 0 fully saturated rings. The first-order chi connectivity index (χ1) is 14.5. The summed E-state index contributed by atoms with van der Waals surface area (Å²) < 4.78 is 0. The Balaban J connectivity index is 2.04. The van der Waals surface area contributed by atoms with Gasteiger partial charge in [0.05, 0.1) is 11.1 Å². The van der Waals surface area contributed by atoms with Gasteiger partial charge in [-0.05, 0) is 71.1 Å². The molecule has 0 aliphatic heterocycles. The van der Waals surface area contributed by atoms with Gasteiger partial charge in [-0.2, -0.15) is 0 Å². The number of hydrogen-bond acceptors (Lipinski definition) is 2. The van der Waals surface area contributed by atoms with Crippen LogP contribution in [0.2, 0.25) is 0 Å². The Hall–Kier alpha value is -3.84. The Morgan fingerprint density at radius 2 is 1.20 bits per heavy atom. The van der Waals surface area contributed by atoms with Gasteiger partial charge in [-0.3, -0.25) is 0 Å². The molecule has 0 heterocycles. The van der Waals surface area contributed by atoms with Crippen molar-refractivity contribution < 1.29 is 19.8 Å². The summed E-state index contributed by atoms with van der Waals surface area (Å²) >= 11 is 0. The molecule has 0 atom stereocenters. The van der Waals surface area contributed by atoms with E-state index in [0.29, 0.717) is 0 Å². The van der Waals surface area contributed by atoms with Crippen molar-refractivity contribution in [2.24, 2.45) is 0 Å². The van der Waals surface area contributed by atoms with E-state index in [2.05, 4.69) is 18.8 Å². The van der Waals surface area contributed by atoms with Crippen molar-refractivity contribution in [3.05, 3.63) is 83.4 Å². The van der Waals surface area contributed by atoms with Crippen LogP contribution in [0, 0.1) is 11.8 Å². The first-order valence-corrected chi connectivity index (χ1v) is 9.79. The molecule has 0 aliphatic rings. The van der Waals surface area contributed by atoms with E-state index in [1.54, 1.807) is 48.5 Å². The highest BCUT2D eigenvalue weighted by molar-refractivity contribution is 5.89. The van der Waals surface area contributed by atoms with Crippen molar-refractivity contribution in [2.75, 3.05) is 0 Å². The lowest BCUT2D eigenvalue weighted by atomic mass is 9.95. The van der Waals surface area contributed by atoms with Crippen LogP contribution in [0.1, 0.15) is 52.5 Å². The third-order valence-corrected chi connectivity index (χ3v) is 4.75. The lowest BCUT2D eigenvalue weighted by molar-refractivity contribution is 0.0686. The van der Waals surface area contributed by atoms with Gasteiger partial charge in [-0.25, -0.2) is 9.59 Å². The van der Waals surface area contributed by atoms with E-state index in [-0.39, 0.29) is 11.1 Å². The highest BCUT2D eigenvalue weighted by Crippen LogP contribution is 2.29. The Labute approximate surface area is 175 Å². The van der Waals surface area contributed by atoms with Gasteiger partial charge in [0, 0.05) is 12.0 Å². The highest BCUT2D eigenvalue weighted by atomic mass is 16.4. The van der Waals surface area contributed by atoms with Gasteiger partial charge in [-0.15, -0.1) is 0 Å². The molecular formula is C26H22O4. The SMILES string of the molecule is CCCCC#Cc1cc(-c2ccc(C(=O)O)cc2)cc(-c2ccc(C(=O)O)cc2)c1. The van der Waals surface area contributed by atoms with Gasteiger partial charge in [-0.1, -0.05) is 49.5 Å². The summed E-state index contributed by atoms with van der Waals surface area (Å²) in [6.07, 6.45) is 2.97. The standard InChI is InChI=1S/C26H22O4/c1-2-3-4-5-6-18-15-23(19-7-11-21(12-8-19)25(27)28)17-24(16-18)20-9-13-22(14-10-20)26(29)30/h7-17H,2-4H2,1H3,(H,27,28)(H,29,30). The van der Waals surface area contributed by atoms with E-state index in [1.165, 1.54) is 0 Å². The average molecular weight is 398 g/mol. The van der Waals surface area contributed by atoms with E-state index >= 15 is 0 Å². The molecule has 0 saturated heterocycles. The maximum absolute atomic E-state index is 11.1. The molecule has 4 nitrogen and oxygen atoms in total. The molecule has 3 aromatic carbocycles. The molecule has 30 heavy (non-hydrogen) atoms. The van der Waals surface area contributed by atoms with Gasteiger partial charge in [0.15, 0.2) is 0 Å². The number of aromatic carboxylic acids is 2. The van der Waals surface area contributed by atoms with Gasteiger partial charge in [0.2, 0.25) is 0 Å². The zero-order valence-corrected chi connectivity index (χ0v) is 16.7. The minimum absolute atomic E-state index is 0.235. The van der Waals surface area contributed by atoms with Crippen molar-refractivity contribution in [3.8, 4) is 34.1 Å². The number of carboxylic acid groups (broad SMARTS) is 2. The van der Waals surface area contributed by atoms with Crippen molar-refractivity contribution in [3.63, 3.8) is 0 Å². The first kappa shape index (κ1) is 20.9. The predicted octanol–water partition coefficient (Wildman–Crippen LogP) is 5.96. The fourth-order valence-electron chi connectivity index (χ4n) is 3.07. The average Bonchev–Trinajstić information content (AvgIpc) is 2.76. The van der Waals surface area contributed by atoms with Crippen LogP contribution in [0.5, 0.6) is 0 Å². The van der Waals surface area contributed by atoms with Crippen LogP contribution in [0.25, 0.3) is 22.3 Å². The second kappa shape index (κ2) is 9.58. The molecule has 0 amide bonds. The monoisotopic (exact) mass is 398 g/mol. The Kier molecular flexibility index (Phi) is 6.67. The fourth-order valence-corrected chi connectivity index (χ4v) is 3.07. The third-order valence-electron chi connectivity index (χ3n) is 4.75. The van der Waals surface area contributed by atoms with Crippen LogP contribution in [0.3, 0.4) is 0 Å². The van der Waals surface area contributed by atoms with Gasteiger partial charge < -0.3 is 10.2 Å². The molecule has 0 radical (unpaired) electrons. The fraction of sp³-hybridized carbons (Fsp3) is 0.154. The molecule has 0 aromatic heterocycles. The molecule has 4 heteroatoms. The zero-order valence-electron chi connectivity index (χ0n) is 16.7. The molecule has 0 unspecified atom stereocenters. The summed E-state index contributed by atoms with van der Waals surface area (Å²) in [4.78, 5) is 22.3. The summed E-state index contributed by atoms with van der Waals surface area (Å²) in [7, 11) is 0. The van der Waals surface area contributed by atoms with Gasteiger partial charge >= 0.3 is 11.9 Å². The number of benzene rings is 3. The van der Waals surface area contributed by atoms with Crippen LogP contribution in [0.4, 0.5) is 0 Å². The van der Waals surface area contributed by atoms with E-state index in [0.717, 1.165) is 47.1 Å². The highest BCUT2D eigenvalue weighted by Gasteiger charge is 2.08. The van der Waals surface area contributed by atoms with Crippen molar-refractivity contribution in [2.45, 2.75) is 26.2 Å². The van der Waals surface area contributed by atoms with Crippen LogP contribution in [0.15, 0.2) is 66.7 Å². The largest absolute Gasteiger partial charge is 0.478 e. The number of hydrogen-bond donors (Lipinski definition) is 2. The van der Waals surface area contributed by atoms with Crippen LogP contribution in [-0.4, -0.2) is 22.2 Å². The minimum atomic E-state index is -0.962. The second-order valence-corrected chi connectivity index (χ2v) is 6.97. The van der Waals surface area contributed by atoms with E-state index in [1.807, 2.05) is 18.2 Å². The minimum Gasteiger partial charge on any atom is -0.478 e. The molecule has 0 saturated carbocycles. The third kappa shape index (κ3) is 5.15. The number of carbonyl (C=O) groups is 2. The van der Waals surface area contributed by atoms with Crippen LogP contribution in [-0.2, 0) is 0 Å². The second-order valence-electron chi connectivity index (χ2n) is 6.97. The summed E-state index contributed by atoms with van der Waals surface area (Å²) in [5.74, 6) is 4.50. The number of rotatable bonds is 6. The maximum Gasteiger partial charge on any atom is 0.335 e. The Morgan fingerprint density at radius 3 is 1.60 bits per heavy atom. The van der Waals surface area contributed by atoms with Crippen LogP contribution >= 0.6 is 0 Å². The van der Waals surface area contributed by atoms with E-state index < -0.39 is 11.9 Å². The molecule has 0 aliphatic carbocycles. The predicted molar refractivity (Wildman–Crippen MR) is 118 cm³/mol. The number of unbranched alkanes of at least 4 members (excludes halogenated alkanes) is 2. The molecule has 0 bridgehead atoms. The van der Waals surface area contributed by atoms with Gasteiger partial charge in [0.1, 0.15) is 0 Å². The Bertz CT molecular complexity index is 1040. The van der Waals surface area contributed by atoms with Crippen molar-refractivity contribution >= 4 is 11.9 Å². The lowest BCUT2D eigenvalue weighted by Crippen LogP contribution is -1.95. The topological polar surface area (TPSA) is 74.6 Å². The summed E-state index contributed by atoms with van der Waals surface area (Å²) in [6.45, 7) is 2.13. The van der Waals surface area contributed by atoms with Crippen LogP contribution < -0.4 is 0 Å². The first-order valence-electron chi connectivity index (χ1n) is 9.79. The molecule has 0 spiro atoms.